The van der Waals surface area contributed by atoms with Crippen LogP contribution in [0.5, 0.6) is 0 Å². The fourth-order valence-corrected chi connectivity index (χ4v) is 2.03. The van der Waals surface area contributed by atoms with Crippen molar-refractivity contribution < 1.29 is 0 Å². The summed E-state index contributed by atoms with van der Waals surface area (Å²) in [4.78, 5) is 0. The molecule has 1 aromatic carbocycles. The van der Waals surface area contributed by atoms with Crippen LogP contribution in [0, 0.1) is 6.92 Å². The third-order valence-corrected chi connectivity index (χ3v) is 3.03. The van der Waals surface area contributed by atoms with Crippen LogP contribution >= 0.6 is 15.9 Å². The number of aromatic nitrogens is 2. The summed E-state index contributed by atoms with van der Waals surface area (Å²) in [5.41, 5.74) is 2.29. The Morgan fingerprint density at radius 2 is 2.27 bits per heavy atom. The van der Waals surface area contributed by atoms with E-state index in [0.717, 1.165) is 23.1 Å². The number of halogens is 1. The predicted octanol–water partition coefficient (Wildman–Crippen LogP) is 2.33. The number of hydrogen-bond donors (Lipinski definition) is 1. The van der Waals surface area contributed by atoms with Crippen molar-refractivity contribution >= 4 is 26.8 Å². The van der Waals surface area contributed by atoms with Gasteiger partial charge < -0.3 is 5.32 Å². The third kappa shape index (κ3) is 2.06. The van der Waals surface area contributed by atoms with Crippen LogP contribution in [0.4, 0.5) is 0 Å². The Morgan fingerprint density at radius 3 is 3.00 bits per heavy atom. The van der Waals surface area contributed by atoms with E-state index in [1.165, 1.54) is 11.1 Å². The van der Waals surface area contributed by atoms with Gasteiger partial charge in [0.2, 0.25) is 0 Å². The van der Waals surface area contributed by atoms with Gasteiger partial charge in [0, 0.05) is 22.1 Å². The molecule has 2 rings (SSSR count). The molecule has 0 radical (unpaired) electrons. The Balaban J connectivity index is 2.45. The number of benzene rings is 1. The summed E-state index contributed by atoms with van der Waals surface area (Å²) in [7, 11) is 1.95. The van der Waals surface area contributed by atoms with E-state index in [0.29, 0.717) is 0 Å². The van der Waals surface area contributed by atoms with E-state index >= 15 is 0 Å². The number of fused-ring (bicyclic) bond motifs is 1. The second-order valence-electron chi connectivity index (χ2n) is 3.57. The smallest absolute Gasteiger partial charge is 0.0926 e. The van der Waals surface area contributed by atoms with Crippen molar-refractivity contribution in [3.05, 3.63) is 28.4 Å². The topological polar surface area (TPSA) is 29.9 Å². The molecule has 0 fully saturated rings. The van der Waals surface area contributed by atoms with Gasteiger partial charge in [-0.05, 0) is 32.2 Å². The van der Waals surface area contributed by atoms with Crippen molar-refractivity contribution in [1.29, 1.82) is 0 Å². The average molecular weight is 268 g/mol. The second-order valence-corrected chi connectivity index (χ2v) is 4.49. The molecule has 2 aromatic rings. The molecule has 4 heteroatoms. The molecular formula is C11H14BrN3. The van der Waals surface area contributed by atoms with Crippen molar-refractivity contribution in [3.8, 4) is 0 Å². The maximum Gasteiger partial charge on any atom is 0.0926 e. The molecule has 0 atom stereocenters. The number of nitrogens with one attached hydrogen (secondary N) is 1. The summed E-state index contributed by atoms with van der Waals surface area (Å²) in [5.74, 6) is 0. The third-order valence-electron chi connectivity index (χ3n) is 2.54. The number of nitrogens with zero attached hydrogens (tertiary/aromatic N) is 2. The maximum absolute atomic E-state index is 4.55. The van der Waals surface area contributed by atoms with Gasteiger partial charge in [-0.3, -0.25) is 4.68 Å². The summed E-state index contributed by atoms with van der Waals surface area (Å²) < 4.78 is 3.15. The highest BCUT2D eigenvalue weighted by Gasteiger charge is 2.06. The zero-order valence-corrected chi connectivity index (χ0v) is 10.5. The zero-order chi connectivity index (χ0) is 10.8. The first kappa shape index (κ1) is 10.6. The number of hydrogen-bond acceptors (Lipinski definition) is 2. The molecule has 80 valence electrons. The quantitative estimate of drug-likeness (QED) is 0.925. The van der Waals surface area contributed by atoms with Crippen LogP contribution in [-0.4, -0.2) is 23.4 Å². The van der Waals surface area contributed by atoms with Crippen LogP contribution in [0.2, 0.25) is 0 Å². The van der Waals surface area contributed by atoms with Crippen molar-refractivity contribution in [1.82, 2.24) is 15.1 Å². The average Bonchev–Trinajstić information content (AvgIpc) is 2.53. The lowest BCUT2D eigenvalue weighted by Crippen LogP contribution is -2.16. The molecule has 1 heterocycles. The molecule has 0 spiro atoms. The molecule has 0 bridgehead atoms. The Bertz CT molecular complexity index is 476. The normalized spacial score (nSPS) is 11.1. The van der Waals surface area contributed by atoms with Gasteiger partial charge in [-0.1, -0.05) is 15.9 Å². The molecule has 0 aliphatic heterocycles. The Kier molecular flexibility index (Phi) is 3.07. The molecule has 0 amide bonds. The Hall–Kier alpha value is -0.870. The molecule has 0 saturated carbocycles. The van der Waals surface area contributed by atoms with Crippen molar-refractivity contribution in [2.24, 2.45) is 0 Å². The van der Waals surface area contributed by atoms with E-state index in [2.05, 4.69) is 39.3 Å². The Labute approximate surface area is 97.6 Å². The van der Waals surface area contributed by atoms with Crippen LogP contribution in [0.25, 0.3) is 10.9 Å². The molecule has 1 N–H and O–H groups in total. The van der Waals surface area contributed by atoms with Crippen molar-refractivity contribution in [3.63, 3.8) is 0 Å². The van der Waals surface area contributed by atoms with E-state index in [-0.39, 0.29) is 0 Å². The first-order chi connectivity index (χ1) is 7.22. The predicted molar refractivity (Wildman–Crippen MR) is 66.1 cm³/mol. The first-order valence-corrected chi connectivity index (χ1v) is 5.79. The summed E-state index contributed by atoms with van der Waals surface area (Å²) >= 11 is 3.48. The summed E-state index contributed by atoms with van der Waals surface area (Å²) in [6.45, 7) is 3.96. The molecule has 0 aliphatic carbocycles. The molecule has 0 saturated heterocycles. The van der Waals surface area contributed by atoms with Gasteiger partial charge in [-0.25, -0.2) is 0 Å². The minimum Gasteiger partial charge on any atom is -0.318 e. The van der Waals surface area contributed by atoms with Crippen LogP contribution < -0.4 is 5.32 Å². The van der Waals surface area contributed by atoms with Gasteiger partial charge in [0.05, 0.1) is 12.1 Å². The highest BCUT2D eigenvalue weighted by molar-refractivity contribution is 9.10. The lowest BCUT2D eigenvalue weighted by atomic mass is 10.2. The zero-order valence-electron chi connectivity index (χ0n) is 8.92. The SMILES string of the molecule is CNCCn1nc2ccc(Br)cc2c1C. The van der Waals surface area contributed by atoms with Crippen LogP contribution in [-0.2, 0) is 6.54 Å². The van der Waals surface area contributed by atoms with Crippen LogP contribution in [0.1, 0.15) is 5.69 Å². The van der Waals surface area contributed by atoms with E-state index in [1.54, 1.807) is 0 Å². The van der Waals surface area contributed by atoms with Gasteiger partial charge in [0.25, 0.3) is 0 Å². The molecular weight excluding hydrogens is 254 g/mol. The number of rotatable bonds is 3. The summed E-state index contributed by atoms with van der Waals surface area (Å²) in [6.07, 6.45) is 0. The fraction of sp³-hybridized carbons (Fsp3) is 0.364. The summed E-state index contributed by atoms with van der Waals surface area (Å²) in [5, 5.41) is 8.90. The fourth-order valence-electron chi connectivity index (χ4n) is 1.66. The minimum atomic E-state index is 0.911. The van der Waals surface area contributed by atoms with Gasteiger partial charge in [0.1, 0.15) is 0 Å². The highest BCUT2D eigenvalue weighted by atomic mass is 79.9. The molecule has 1 aromatic heterocycles. The number of aryl methyl sites for hydroxylation is 1. The standard InChI is InChI=1S/C11H14BrN3/c1-8-10-7-9(12)3-4-11(10)14-15(8)6-5-13-2/h3-4,7,13H,5-6H2,1-2H3. The highest BCUT2D eigenvalue weighted by Crippen LogP contribution is 2.21. The monoisotopic (exact) mass is 267 g/mol. The van der Waals surface area contributed by atoms with E-state index in [1.807, 2.05) is 23.9 Å². The minimum absolute atomic E-state index is 0.911. The van der Waals surface area contributed by atoms with E-state index in [9.17, 15) is 0 Å². The maximum atomic E-state index is 4.55. The van der Waals surface area contributed by atoms with Crippen LogP contribution in [0.3, 0.4) is 0 Å². The molecule has 15 heavy (non-hydrogen) atoms. The largest absolute Gasteiger partial charge is 0.318 e. The van der Waals surface area contributed by atoms with Crippen LogP contribution in [0.15, 0.2) is 22.7 Å². The van der Waals surface area contributed by atoms with Gasteiger partial charge >= 0.3 is 0 Å². The van der Waals surface area contributed by atoms with Gasteiger partial charge in [-0.2, -0.15) is 5.10 Å². The lowest BCUT2D eigenvalue weighted by molar-refractivity contribution is 0.577. The second kappa shape index (κ2) is 4.33. The van der Waals surface area contributed by atoms with Gasteiger partial charge in [-0.15, -0.1) is 0 Å². The molecule has 0 unspecified atom stereocenters. The Morgan fingerprint density at radius 1 is 1.47 bits per heavy atom. The van der Waals surface area contributed by atoms with E-state index < -0.39 is 0 Å². The first-order valence-electron chi connectivity index (χ1n) is 4.99. The van der Waals surface area contributed by atoms with E-state index in [4.69, 9.17) is 0 Å². The van der Waals surface area contributed by atoms with Crippen molar-refractivity contribution in [2.75, 3.05) is 13.6 Å². The lowest BCUT2D eigenvalue weighted by Gasteiger charge is -2.02. The molecule has 0 aliphatic rings. The number of likely N-dealkylation sites (N-methyl/N-ethyl adjacent to an activating group) is 1. The summed E-state index contributed by atoms with van der Waals surface area (Å²) in [6, 6.07) is 6.19. The molecule has 3 nitrogen and oxygen atoms in total. The van der Waals surface area contributed by atoms with Crippen molar-refractivity contribution in [2.45, 2.75) is 13.5 Å². The van der Waals surface area contributed by atoms with Gasteiger partial charge in [0.15, 0.2) is 0 Å².